The number of carbonyl (C=O) groups is 2. The molecule has 0 fully saturated rings. The molecule has 0 aliphatic heterocycles. The van der Waals surface area contributed by atoms with Gasteiger partial charge in [-0.15, -0.1) is 10.2 Å². The van der Waals surface area contributed by atoms with Crippen molar-refractivity contribution in [3.8, 4) is 11.5 Å². The molecule has 0 bridgehead atoms. The van der Waals surface area contributed by atoms with Crippen molar-refractivity contribution < 1.29 is 19.4 Å². The first-order valence-electron chi connectivity index (χ1n) is 13.1. The molecule has 0 spiro atoms. The summed E-state index contributed by atoms with van der Waals surface area (Å²) in [4.78, 5) is 25.8. The number of nitrogens with zero attached hydrogens (tertiary/aromatic N) is 2. The van der Waals surface area contributed by atoms with Crippen molar-refractivity contribution in [3.05, 3.63) is 119 Å². The largest absolute Gasteiger partial charge is 0.505 e. The van der Waals surface area contributed by atoms with Crippen LogP contribution in [0.3, 0.4) is 0 Å². The van der Waals surface area contributed by atoms with E-state index >= 15 is 0 Å². The zero-order valence-electron chi connectivity index (χ0n) is 22.9. The van der Waals surface area contributed by atoms with Gasteiger partial charge in [0.2, 0.25) is 5.91 Å². The van der Waals surface area contributed by atoms with Gasteiger partial charge in [-0.25, -0.2) is 0 Å². The monoisotopic (exact) mass is 578 g/mol. The summed E-state index contributed by atoms with van der Waals surface area (Å²) in [5, 5.41) is 27.6. The van der Waals surface area contributed by atoms with E-state index in [-0.39, 0.29) is 29.7 Å². The Bertz CT molecular complexity index is 1820. The van der Waals surface area contributed by atoms with Gasteiger partial charge in [-0.05, 0) is 66.4 Å². The fourth-order valence-corrected chi connectivity index (χ4v) is 4.62. The fourth-order valence-electron chi connectivity index (χ4n) is 4.44. The number of azo groups is 1. The summed E-state index contributed by atoms with van der Waals surface area (Å²) in [5.41, 5.74) is 3.32. The summed E-state index contributed by atoms with van der Waals surface area (Å²) in [7, 11) is 1.49. The first-order valence-corrected chi connectivity index (χ1v) is 13.5. The lowest BCUT2D eigenvalue weighted by molar-refractivity contribution is -0.115. The summed E-state index contributed by atoms with van der Waals surface area (Å²) < 4.78 is 5.45. The lowest BCUT2D eigenvalue weighted by Gasteiger charge is -2.12. The molecule has 0 radical (unpaired) electrons. The van der Waals surface area contributed by atoms with Crippen LogP contribution >= 0.6 is 11.6 Å². The number of hydrogen-bond acceptors (Lipinski definition) is 6. The second-order valence-electron chi connectivity index (χ2n) is 9.55. The minimum atomic E-state index is -0.326. The number of rotatable bonds is 8. The third kappa shape index (κ3) is 6.40. The van der Waals surface area contributed by atoms with Gasteiger partial charge in [0.1, 0.15) is 22.9 Å². The average molecular weight is 579 g/mol. The van der Waals surface area contributed by atoms with Crippen LogP contribution in [-0.4, -0.2) is 24.0 Å². The molecule has 210 valence electrons. The van der Waals surface area contributed by atoms with Crippen molar-refractivity contribution in [1.82, 2.24) is 0 Å². The third-order valence-corrected chi connectivity index (χ3v) is 6.86. The van der Waals surface area contributed by atoms with Gasteiger partial charge in [-0.2, -0.15) is 0 Å². The number of aromatic hydroxyl groups is 1. The molecular formula is C33H27ClN4O4. The van der Waals surface area contributed by atoms with Gasteiger partial charge in [0, 0.05) is 32.9 Å². The summed E-state index contributed by atoms with van der Waals surface area (Å²) in [6, 6.07) is 28.3. The number of fused-ring (bicyclic) bond motifs is 1. The van der Waals surface area contributed by atoms with E-state index in [4.69, 9.17) is 16.3 Å². The Kier molecular flexibility index (Phi) is 8.45. The summed E-state index contributed by atoms with van der Waals surface area (Å²) in [6.45, 7) is 1.87. The zero-order valence-corrected chi connectivity index (χ0v) is 23.6. The molecule has 5 rings (SSSR count). The van der Waals surface area contributed by atoms with Gasteiger partial charge in [0.25, 0.3) is 5.91 Å². The molecule has 5 aromatic carbocycles. The zero-order chi connectivity index (χ0) is 29.6. The van der Waals surface area contributed by atoms with Crippen LogP contribution in [0.1, 0.15) is 21.5 Å². The Morgan fingerprint density at radius 2 is 1.64 bits per heavy atom. The molecule has 0 aliphatic rings. The highest BCUT2D eigenvalue weighted by atomic mass is 35.5. The van der Waals surface area contributed by atoms with Crippen molar-refractivity contribution in [2.75, 3.05) is 17.7 Å². The number of aryl methyl sites for hydroxylation is 1. The highest BCUT2D eigenvalue weighted by Crippen LogP contribution is 2.40. The number of benzene rings is 5. The molecule has 8 nitrogen and oxygen atoms in total. The highest BCUT2D eigenvalue weighted by Gasteiger charge is 2.17. The molecule has 0 atom stereocenters. The summed E-state index contributed by atoms with van der Waals surface area (Å²) >= 11 is 6.10. The number of phenolic OH excluding ortho intramolecular Hbond substituents is 1. The van der Waals surface area contributed by atoms with Gasteiger partial charge in [0.05, 0.1) is 13.5 Å². The highest BCUT2D eigenvalue weighted by molar-refractivity contribution is 6.31. The molecule has 2 amide bonds. The Labute approximate surface area is 247 Å². The Morgan fingerprint density at radius 3 is 2.43 bits per heavy atom. The molecular weight excluding hydrogens is 552 g/mol. The van der Waals surface area contributed by atoms with Crippen LogP contribution in [0.5, 0.6) is 11.5 Å². The number of phenols is 1. The van der Waals surface area contributed by atoms with E-state index in [9.17, 15) is 14.7 Å². The molecule has 5 aromatic rings. The smallest absolute Gasteiger partial charge is 0.255 e. The van der Waals surface area contributed by atoms with E-state index in [2.05, 4.69) is 20.9 Å². The number of anilines is 2. The number of amides is 2. The third-order valence-electron chi connectivity index (χ3n) is 6.63. The molecule has 0 saturated heterocycles. The summed E-state index contributed by atoms with van der Waals surface area (Å²) in [6.07, 6.45) is -0.108. The molecule has 0 heterocycles. The lowest BCUT2D eigenvalue weighted by atomic mass is 10.0. The first-order chi connectivity index (χ1) is 20.3. The molecule has 0 aliphatic carbocycles. The van der Waals surface area contributed by atoms with Crippen LogP contribution in [0.25, 0.3) is 10.8 Å². The van der Waals surface area contributed by atoms with Gasteiger partial charge in [0.15, 0.2) is 0 Å². The SMILES string of the molecule is COc1ccc(C(=O)Nc2ccccc2)cc1N=Nc1c(O)c(CC(=O)Nc2cc(Cl)ccc2C)cc2ccccc12. The van der Waals surface area contributed by atoms with E-state index < -0.39 is 0 Å². The number of carbonyl (C=O) groups excluding carboxylic acids is 2. The van der Waals surface area contributed by atoms with Crippen LogP contribution in [0.4, 0.5) is 22.7 Å². The molecule has 0 aromatic heterocycles. The molecule has 9 heteroatoms. The number of methoxy groups -OCH3 is 1. The Hall–Kier alpha value is -5.21. The maximum absolute atomic E-state index is 13.0. The number of para-hydroxylation sites is 1. The molecule has 0 saturated carbocycles. The van der Waals surface area contributed by atoms with Gasteiger partial charge >= 0.3 is 0 Å². The predicted molar refractivity (Wildman–Crippen MR) is 166 cm³/mol. The van der Waals surface area contributed by atoms with Crippen LogP contribution in [0, 0.1) is 6.92 Å². The Balaban J connectivity index is 1.47. The van der Waals surface area contributed by atoms with Crippen molar-refractivity contribution in [3.63, 3.8) is 0 Å². The number of hydrogen-bond donors (Lipinski definition) is 3. The van der Waals surface area contributed by atoms with Crippen LogP contribution in [0.2, 0.25) is 5.02 Å². The van der Waals surface area contributed by atoms with Crippen molar-refractivity contribution in [2.24, 2.45) is 10.2 Å². The van der Waals surface area contributed by atoms with E-state index in [0.717, 1.165) is 10.9 Å². The average Bonchev–Trinajstić information content (AvgIpc) is 2.99. The topological polar surface area (TPSA) is 112 Å². The quantitative estimate of drug-likeness (QED) is 0.160. The van der Waals surface area contributed by atoms with Crippen LogP contribution in [-0.2, 0) is 11.2 Å². The molecule has 42 heavy (non-hydrogen) atoms. The number of ether oxygens (including phenoxy) is 1. The minimum Gasteiger partial charge on any atom is -0.505 e. The fraction of sp³-hybridized carbons (Fsp3) is 0.0909. The number of nitrogens with one attached hydrogen (secondary N) is 2. The minimum absolute atomic E-state index is 0.108. The maximum Gasteiger partial charge on any atom is 0.255 e. The lowest BCUT2D eigenvalue weighted by Crippen LogP contribution is -2.15. The number of halogens is 1. The van der Waals surface area contributed by atoms with Crippen LogP contribution < -0.4 is 15.4 Å². The van der Waals surface area contributed by atoms with E-state index in [1.54, 1.807) is 48.5 Å². The van der Waals surface area contributed by atoms with Crippen LogP contribution in [0.15, 0.2) is 107 Å². The normalized spacial score (nSPS) is 11.0. The second kappa shape index (κ2) is 12.5. The predicted octanol–water partition coefficient (Wildman–Crippen LogP) is 8.36. The van der Waals surface area contributed by atoms with Gasteiger partial charge in [-0.1, -0.05) is 60.1 Å². The van der Waals surface area contributed by atoms with E-state index in [1.165, 1.54) is 7.11 Å². The van der Waals surface area contributed by atoms with Crippen molar-refractivity contribution in [1.29, 1.82) is 0 Å². The van der Waals surface area contributed by atoms with Gasteiger partial charge in [-0.3, -0.25) is 9.59 Å². The van der Waals surface area contributed by atoms with Crippen molar-refractivity contribution in [2.45, 2.75) is 13.3 Å². The second-order valence-corrected chi connectivity index (χ2v) is 9.98. The summed E-state index contributed by atoms with van der Waals surface area (Å²) in [5.74, 6) is -0.428. The Morgan fingerprint density at radius 1 is 0.881 bits per heavy atom. The maximum atomic E-state index is 13.0. The van der Waals surface area contributed by atoms with E-state index in [1.807, 2.05) is 55.5 Å². The first kappa shape index (κ1) is 28.3. The van der Waals surface area contributed by atoms with Gasteiger partial charge < -0.3 is 20.5 Å². The standard InChI is InChI=1S/C33H27ClN4O4/c1-20-12-14-24(34)19-27(20)36-30(39)18-23-16-21-8-6-7-11-26(21)31(32(23)40)38-37-28-17-22(13-15-29(28)42-2)33(41)35-25-9-4-3-5-10-25/h3-17,19,40H,18H2,1-2H3,(H,35,41)(H,36,39). The van der Waals surface area contributed by atoms with E-state index in [0.29, 0.717) is 44.3 Å². The molecule has 0 unspecified atom stereocenters. The van der Waals surface area contributed by atoms with Crippen molar-refractivity contribution >= 4 is 56.9 Å². The molecule has 3 N–H and O–H groups in total.